The first-order valence-corrected chi connectivity index (χ1v) is 6.11. The van der Waals surface area contributed by atoms with Gasteiger partial charge in [0.05, 0.1) is 6.54 Å². The van der Waals surface area contributed by atoms with Crippen molar-refractivity contribution in [3.63, 3.8) is 0 Å². The largest absolute Gasteiger partial charge is 0.340 e. The Hall–Kier alpha value is -1.35. The number of benzene rings is 1. The summed E-state index contributed by atoms with van der Waals surface area (Å²) in [6, 6.07) is 8.46. The van der Waals surface area contributed by atoms with Crippen LogP contribution in [0.1, 0.15) is 37.3 Å². The highest BCUT2D eigenvalue weighted by Crippen LogP contribution is 2.19. The molecule has 1 aromatic rings. The summed E-state index contributed by atoms with van der Waals surface area (Å²) >= 11 is 0. The molecule has 1 atom stereocenters. The number of amides is 1. The van der Waals surface area contributed by atoms with E-state index in [2.05, 4.69) is 38.1 Å². The molecule has 0 heterocycles. The fraction of sp³-hybridized carbons (Fsp3) is 0.500. The van der Waals surface area contributed by atoms with Crippen LogP contribution in [0, 0.1) is 0 Å². The maximum atomic E-state index is 11.3. The maximum Gasteiger partial charge on any atom is 0.236 e. The van der Waals surface area contributed by atoms with Crippen LogP contribution in [0.3, 0.4) is 0 Å². The van der Waals surface area contributed by atoms with Crippen molar-refractivity contribution in [2.45, 2.75) is 32.7 Å². The first-order chi connectivity index (χ1) is 8.08. The van der Waals surface area contributed by atoms with E-state index in [4.69, 9.17) is 5.73 Å². The molecule has 0 aliphatic rings. The molecule has 1 unspecified atom stereocenters. The lowest BCUT2D eigenvalue weighted by Crippen LogP contribution is -2.32. The Balaban J connectivity index is 2.65. The lowest BCUT2D eigenvalue weighted by Gasteiger charge is -2.17. The normalized spacial score (nSPS) is 12.2. The van der Waals surface area contributed by atoms with Crippen LogP contribution in [-0.2, 0) is 11.3 Å². The van der Waals surface area contributed by atoms with Crippen molar-refractivity contribution >= 4 is 5.91 Å². The summed E-state index contributed by atoms with van der Waals surface area (Å²) in [5.74, 6) is 0.559. The Morgan fingerprint density at radius 2 is 1.94 bits per heavy atom. The van der Waals surface area contributed by atoms with Gasteiger partial charge in [-0.05, 0) is 23.5 Å². The molecule has 2 N–H and O–H groups in total. The third-order valence-electron chi connectivity index (χ3n) is 3.18. The third-order valence-corrected chi connectivity index (χ3v) is 3.18. The fourth-order valence-corrected chi connectivity index (χ4v) is 1.71. The van der Waals surface area contributed by atoms with Gasteiger partial charge in [0.25, 0.3) is 0 Å². The van der Waals surface area contributed by atoms with E-state index in [-0.39, 0.29) is 12.5 Å². The summed E-state index contributed by atoms with van der Waals surface area (Å²) in [5, 5.41) is 0. The smallest absolute Gasteiger partial charge is 0.236 e. The highest BCUT2D eigenvalue weighted by atomic mass is 16.2. The zero-order chi connectivity index (χ0) is 12.8. The van der Waals surface area contributed by atoms with E-state index in [1.54, 1.807) is 11.9 Å². The van der Waals surface area contributed by atoms with Gasteiger partial charge in [-0.3, -0.25) is 4.79 Å². The van der Waals surface area contributed by atoms with Gasteiger partial charge in [-0.2, -0.15) is 0 Å². The van der Waals surface area contributed by atoms with Gasteiger partial charge in [0.15, 0.2) is 0 Å². The summed E-state index contributed by atoms with van der Waals surface area (Å²) < 4.78 is 0. The fourth-order valence-electron chi connectivity index (χ4n) is 1.71. The van der Waals surface area contributed by atoms with Crippen molar-refractivity contribution in [3.05, 3.63) is 35.4 Å². The van der Waals surface area contributed by atoms with E-state index < -0.39 is 0 Å². The Morgan fingerprint density at radius 1 is 1.35 bits per heavy atom. The van der Waals surface area contributed by atoms with Crippen molar-refractivity contribution in [2.75, 3.05) is 13.6 Å². The number of hydrogen-bond acceptors (Lipinski definition) is 2. The monoisotopic (exact) mass is 234 g/mol. The SMILES string of the molecule is CCC(C)c1ccc(CN(C)C(=O)CN)cc1. The Kier molecular flexibility index (Phi) is 5.16. The second-order valence-corrected chi connectivity index (χ2v) is 4.50. The van der Waals surface area contributed by atoms with Gasteiger partial charge in [0, 0.05) is 13.6 Å². The number of carbonyl (C=O) groups excluding carboxylic acids is 1. The second kappa shape index (κ2) is 6.40. The van der Waals surface area contributed by atoms with Gasteiger partial charge in [0.1, 0.15) is 0 Å². The quantitative estimate of drug-likeness (QED) is 0.848. The highest BCUT2D eigenvalue weighted by molar-refractivity contribution is 5.77. The van der Waals surface area contributed by atoms with Gasteiger partial charge >= 0.3 is 0 Å². The topological polar surface area (TPSA) is 46.3 Å². The minimum Gasteiger partial charge on any atom is -0.340 e. The van der Waals surface area contributed by atoms with E-state index in [1.807, 2.05) is 0 Å². The number of nitrogens with zero attached hydrogens (tertiary/aromatic N) is 1. The molecule has 3 heteroatoms. The molecular formula is C14H22N2O. The van der Waals surface area contributed by atoms with Crippen LogP contribution in [0.25, 0.3) is 0 Å². The molecule has 0 radical (unpaired) electrons. The lowest BCUT2D eigenvalue weighted by molar-refractivity contribution is -0.128. The summed E-state index contributed by atoms with van der Waals surface area (Å²) in [4.78, 5) is 13.0. The Labute approximate surface area is 104 Å². The molecule has 0 saturated heterocycles. The van der Waals surface area contributed by atoms with Crippen LogP contribution < -0.4 is 5.73 Å². The van der Waals surface area contributed by atoms with Gasteiger partial charge in [-0.25, -0.2) is 0 Å². The van der Waals surface area contributed by atoms with Gasteiger partial charge in [-0.1, -0.05) is 38.1 Å². The molecule has 0 bridgehead atoms. The molecule has 1 rings (SSSR count). The van der Waals surface area contributed by atoms with Crippen molar-refractivity contribution in [1.29, 1.82) is 0 Å². The lowest BCUT2D eigenvalue weighted by atomic mass is 9.97. The predicted octanol–water partition coefficient (Wildman–Crippen LogP) is 2.12. The maximum absolute atomic E-state index is 11.3. The predicted molar refractivity (Wildman–Crippen MR) is 70.7 cm³/mol. The van der Waals surface area contributed by atoms with Crippen LogP contribution in [0.4, 0.5) is 0 Å². The number of hydrogen-bond donors (Lipinski definition) is 1. The summed E-state index contributed by atoms with van der Waals surface area (Å²) in [7, 11) is 1.78. The minimum atomic E-state index is -0.0315. The van der Waals surface area contributed by atoms with E-state index in [0.29, 0.717) is 12.5 Å². The molecule has 1 amide bonds. The molecule has 1 aromatic carbocycles. The van der Waals surface area contributed by atoms with Crippen molar-refractivity contribution < 1.29 is 4.79 Å². The van der Waals surface area contributed by atoms with Gasteiger partial charge < -0.3 is 10.6 Å². The molecule has 0 fully saturated rings. The first-order valence-electron chi connectivity index (χ1n) is 6.11. The standard InChI is InChI=1S/C14H22N2O/c1-4-11(2)13-7-5-12(6-8-13)10-16(3)14(17)9-15/h5-8,11H,4,9-10,15H2,1-3H3. The van der Waals surface area contributed by atoms with Crippen molar-refractivity contribution in [1.82, 2.24) is 4.90 Å². The zero-order valence-corrected chi connectivity index (χ0v) is 10.9. The van der Waals surface area contributed by atoms with Gasteiger partial charge in [0.2, 0.25) is 5.91 Å². The average Bonchev–Trinajstić information content (AvgIpc) is 2.37. The summed E-state index contributed by atoms with van der Waals surface area (Å²) in [6.45, 7) is 5.10. The molecule has 0 spiro atoms. The van der Waals surface area contributed by atoms with Crippen LogP contribution >= 0.6 is 0 Å². The molecule has 3 nitrogen and oxygen atoms in total. The molecule has 0 aliphatic heterocycles. The second-order valence-electron chi connectivity index (χ2n) is 4.50. The van der Waals surface area contributed by atoms with Crippen molar-refractivity contribution in [3.8, 4) is 0 Å². The highest BCUT2D eigenvalue weighted by Gasteiger charge is 2.07. The molecule has 0 saturated carbocycles. The zero-order valence-electron chi connectivity index (χ0n) is 10.9. The Bertz CT molecular complexity index is 359. The molecule has 0 aromatic heterocycles. The number of carbonyl (C=O) groups is 1. The minimum absolute atomic E-state index is 0.0315. The molecule has 0 aliphatic carbocycles. The van der Waals surface area contributed by atoms with E-state index in [9.17, 15) is 4.79 Å². The van der Waals surface area contributed by atoms with Crippen LogP contribution in [0.15, 0.2) is 24.3 Å². The summed E-state index contributed by atoms with van der Waals surface area (Å²) in [5.41, 5.74) is 7.81. The van der Waals surface area contributed by atoms with E-state index >= 15 is 0 Å². The Morgan fingerprint density at radius 3 is 2.41 bits per heavy atom. The number of rotatable bonds is 5. The first kappa shape index (κ1) is 13.7. The molecule has 94 valence electrons. The molecular weight excluding hydrogens is 212 g/mol. The summed E-state index contributed by atoms with van der Waals surface area (Å²) in [6.07, 6.45) is 1.14. The average molecular weight is 234 g/mol. The van der Waals surface area contributed by atoms with E-state index in [0.717, 1.165) is 12.0 Å². The molecule has 17 heavy (non-hydrogen) atoms. The van der Waals surface area contributed by atoms with Crippen LogP contribution in [-0.4, -0.2) is 24.4 Å². The number of nitrogens with two attached hydrogens (primary N) is 1. The number of likely N-dealkylation sites (N-methyl/N-ethyl adjacent to an activating group) is 1. The van der Waals surface area contributed by atoms with Crippen molar-refractivity contribution in [2.24, 2.45) is 5.73 Å². The third kappa shape index (κ3) is 3.86. The van der Waals surface area contributed by atoms with Crippen LogP contribution in [0.5, 0.6) is 0 Å². The van der Waals surface area contributed by atoms with Crippen LogP contribution in [0.2, 0.25) is 0 Å². The van der Waals surface area contributed by atoms with Gasteiger partial charge in [-0.15, -0.1) is 0 Å². The van der Waals surface area contributed by atoms with E-state index in [1.165, 1.54) is 5.56 Å².